The molecule has 1 atom stereocenters. The van der Waals surface area contributed by atoms with Gasteiger partial charge in [0.05, 0.1) is 11.7 Å². The molecular weight excluding hydrogens is 343 g/mol. The lowest BCUT2D eigenvalue weighted by Crippen LogP contribution is -2.31. The van der Waals surface area contributed by atoms with Crippen molar-refractivity contribution in [2.75, 3.05) is 18.5 Å². The molecule has 20 heavy (non-hydrogen) atoms. The van der Waals surface area contributed by atoms with Gasteiger partial charge in [0.25, 0.3) is 0 Å². The molecular formula is C15H15BrClFN2. The van der Waals surface area contributed by atoms with Crippen LogP contribution in [-0.2, 0) is 0 Å². The molecule has 1 unspecified atom stereocenters. The Kier molecular flexibility index (Phi) is 5.02. The molecule has 0 aliphatic carbocycles. The van der Waals surface area contributed by atoms with E-state index >= 15 is 0 Å². The highest BCUT2D eigenvalue weighted by Gasteiger charge is 2.20. The Bertz CT molecular complexity index is 606. The highest BCUT2D eigenvalue weighted by Crippen LogP contribution is 2.32. The first-order valence-electron chi connectivity index (χ1n) is 6.17. The number of nitrogens with zero attached hydrogens (tertiary/aromatic N) is 1. The normalized spacial score (nSPS) is 12.2. The lowest BCUT2D eigenvalue weighted by atomic mass is 10.0. The predicted octanol–water partition coefficient (Wildman–Crippen LogP) is 4.38. The van der Waals surface area contributed by atoms with E-state index in [2.05, 4.69) is 15.9 Å². The van der Waals surface area contributed by atoms with E-state index < -0.39 is 0 Å². The zero-order valence-corrected chi connectivity index (χ0v) is 13.3. The van der Waals surface area contributed by atoms with Crippen molar-refractivity contribution >= 4 is 33.2 Å². The van der Waals surface area contributed by atoms with E-state index in [1.807, 2.05) is 30.1 Å². The molecule has 106 valence electrons. The Morgan fingerprint density at radius 1 is 1.30 bits per heavy atom. The quantitative estimate of drug-likeness (QED) is 0.880. The molecule has 0 aliphatic heterocycles. The summed E-state index contributed by atoms with van der Waals surface area (Å²) in [7, 11) is 1.81. The summed E-state index contributed by atoms with van der Waals surface area (Å²) >= 11 is 9.64. The molecule has 0 aliphatic rings. The summed E-state index contributed by atoms with van der Waals surface area (Å²) in [5, 5.41) is 0.609. The summed E-state index contributed by atoms with van der Waals surface area (Å²) in [6, 6.07) is 12.1. The average Bonchev–Trinajstić information content (AvgIpc) is 2.42. The maximum atomic E-state index is 13.9. The Labute approximate surface area is 131 Å². The van der Waals surface area contributed by atoms with Gasteiger partial charge < -0.3 is 10.6 Å². The number of anilines is 1. The molecule has 0 radical (unpaired) electrons. The molecule has 0 saturated heterocycles. The van der Waals surface area contributed by atoms with E-state index in [1.54, 1.807) is 18.2 Å². The molecule has 2 nitrogen and oxygen atoms in total. The number of para-hydroxylation sites is 1. The van der Waals surface area contributed by atoms with Gasteiger partial charge in [-0.2, -0.15) is 0 Å². The van der Waals surface area contributed by atoms with Crippen LogP contribution in [0.4, 0.5) is 10.1 Å². The number of hydrogen-bond donors (Lipinski definition) is 1. The second-order valence-corrected chi connectivity index (χ2v) is 5.80. The fourth-order valence-electron chi connectivity index (χ4n) is 2.17. The summed E-state index contributed by atoms with van der Waals surface area (Å²) in [4.78, 5) is 1.81. The molecule has 0 fully saturated rings. The minimum absolute atomic E-state index is 0.188. The van der Waals surface area contributed by atoms with Crippen molar-refractivity contribution in [1.29, 1.82) is 0 Å². The van der Waals surface area contributed by atoms with Crippen molar-refractivity contribution in [3.05, 3.63) is 63.3 Å². The fourth-order valence-corrected chi connectivity index (χ4v) is 2.97. The first kappa shape index (κ1) is 15.3. The van der Waals surface area contributed by atoms with Crippen LogP contribution in [0, 0.1) is 5.82 Å². The van der Waals surface area contributed by atoms with Crippen molar-refractivity contribution in [1.82, 2.24) is 0 Å². The SMILES string of the molecule is CN(c1ccccc1F)C(CN)c1ccc(Br)cc1Cl. The third-order valence-corrected chi connectivity index (χ3v) is 4.07. The van der Waals surface area contributed by atoms with Crippen LogP contribution in [0.3, 0.4) is 0 Å². The first-order valence-corrected chi connectivity index (χ1v) is 7.34. The predicted molar refractivity (Wildman–Crippen MR) is 85.8 cm³/mol. The lowest BCUT2D eigenvalue weighted by molar-refractivity contribution is 0.603. The van der Waals surface area contributed by atoms with Gasteiger partial charge >= 0.3 is 0 Å². The summed E-state index contributed by atoms with van der Waals surface area (Å²) < 4.78 is 14.8. The topological polar surface area (TPSA) is 29.3 Å². The minimum atomic E-state index is -0.276. The molecule has 0 spiro atoms. The van der Waals surface area contributed by atoms with Crippen LogP contribution in [0.1, 0.15) is 11.6 Å². The van der Waals surface area contributed by atoms with Gasteiger partial charge in [-0.15, -0.1) is 0 Å². The highest BCUT2D eigenvalue weighted by molar-refractivity contribution is 9.10. The van der Waals surface area contributed by atoms with Gasteiger partial charge in [-0.05, 0) is 29.8 Å². The summed E-state index contributed by atoms with van der Waals surface area (Å²) in [6.45, 7) is 0.339. The van der Waals surface area contributed by atoms with Crippen molar-refractivity contribution in [3.63, 3.8) is 0 Å². The Hall–Kier alpha value is -1.10. The Morgan fingerprint density at radius 2 is 2.00 bits per heavy atom. The van der Waals surface area contributed by atoms with Crippen LogP contribution in [0.25, 0.3) is 0 Å². The van der Waals surface area contributed by atoms with Gasteiger partial charge in [-0.1, -0.05) is 45.7 Å². The van der Waals surface area contributed by atoms with Gasteiger partial charge in [0.1, 0.15) is 5.82 Å². The smallest absolute Gasteiger partial charge is 0.146 e. The summed E-state index contributed by atoms with van der Waals surface area (Å²) in [5.41, 5.74) is 7.25. The highest BCUT2D eigenvalue weighted by atomic mass is 79.9. The number of nitrogens with two attached hydrogens (primary N) is 1. The van der Waals surface area contributed by atoms with Gasteiger partial charge in [-0.3, -0.25) is 0 Å². The van der Waals surface area contributed by atoms with Gasteiger partial charge in [0.2, 0.25) is 0 Å². The van der Waals surface area contributed by atoms with E-state index in [9.17, 15) is 4.39 Å². The third-order valence-electron chi connectivity index (χ3n) is 3.24. The molecule has 2 rings (SSSR count). The fraction of sp³-hybridized carbons (Fsp3) is 0.200. The largest absolute Gasteiger partial charge is 0.364 e. The van der Waals surface area contributed by atoms with E-state index in [0.717, 1.165) is 10.0 Å². The zero-order valence-electron chi connectivity index (χ0n) is 11.0. The Morgan fingerprint density at radius 3 is 2.60 bits per heavy atom. The van der Waals surface area contributed by atoms with Crippen molar-refractivity contribution in [3.8, 4) is 0 Å². The summed E-state index contributed by atoms with van der Waals surface area (Å²) in [5.74, 6) is -0.276. The van der Waals surface area contributed by atoms with E-state index in [-0.39, 0.29) is 11.9 Å². The monoisotopic (exact) mass is 356 g/mol. The molecule has 0 aromatic heterocycles. The van der Waals surface area contributed by atoms with Crippen LogP contribution < -0.4 is 10.6 Å². The van der Waals surface area contributed by atoms with Crippen LogP contribution in [0.15, 0.2) is 46.9 Å². The van der Waals surface area contributed by atoms with E-state index in [1.165, 1.54) is 6.07 Å². The second-order valence-electron chi connectivity index (χ2n) is 4.48. The molecule has 0 heterocycles. The molecule has 2 aromatic carbocycles. The standard InChI is InChI=1S/C15H15BrClFN2/c1-20(14-5-3-2-4-13(14)18)15(9-19)11-7-6-10(16)8-12(11)17/h2-8,15H,9,19H2,1H3. The lowest BCUT2D eigenvalue weighted by Gasteiger charge is -2.30. The van der Waals surface area contributed by atoms with E-state index in [0.29, 0.717) is 17.3 Å². The number of rotatable bonds is 4. The average molecular weight is 358 g/mol. The molecule has 0 amide bonds. The minimum Gasteiger partial charge on any atom is -0.364 e. The van der Waals surface area contributed by atoms with E-state index in [4.69, 9.17) is 17.3 Å². The van der Waals surface area contributed by atoms with Crippen LogP contribution >= 0.6 is 27.5 Å². The molecule has 2 aromatic rings. The maximum Gasteiger partial charge on any atom is 0.146 e. The summed E-state index contributed by atoms with van der Waals surface area (Å²) in [6.07, 6.45) is 0. The van der Waals surface area contributed by atoms with Crippen LogP contribution in [0.2, 0.25) is 5.02 Å². The number of halogens is 3. The van der Waals surface area contributed by atoms with Crippen molar-refractivity contribution in [2.24, 2.45) is 5.73 Å². The molecule has 0 bridgehead atoms. The van der Waals surface area contributed by atoms with Crippen molar-refractivity contribution < 1.29 is 4.39 Å². The number of likely N-dealkylation sites (N-methyl/N-ethyl adjacent to an activating group) is 1. The van der Waals surface area contributed by atoms with Gasteiger partial charge in [0.15, 0.2) is 0 Å². The maximum absolute atomic E-state index is 13.9. The molecule has 0 saturated carbocycles. The van der Waals surface area contributed by atoms with Crippen molar-refractivity contribution in [2.45, 2.75) is 6.04 Å². The number of benzene rings is 2. The third kappa shape index (κ3) is 3.14. The number of hydrogen-bond acceptors (Lipinski definition) is 2. The molecule has 2 N–H and O–H groups in total. The van der Waals surface area contributed by atoms with Gasteiger partial charge in [0, 0.05) is 23.1 Å². The molecule has 5 heteroatoms. The zero-order chi connectivity index (χ0) is 14.7. The first-order chi connectivity index (χ1) is 9.54. The Balaban J connectivity index is 2.39. The van der Waals surface area contributed by atoms with Crippen LogP contribution in [0.5, 0.6) is 0 Å². The second kappa shape index (κ2) is 6.57. The van der Waals surface area contributed by atoms with Gasteiger partial charge in [-0.25, -0.2) is 4.39 Å². The van der Waals surface area contributed by atoms with Crippen LogP contribution in [-0.4, -0.2) is 13.6 Å².